The van der Waals surface area contributed by atoms with Gasteiger partial charge in [-0.15, -0.1) is 0 Å². The number of oxazole rings is 1. The fourth-order valence-electron chi connectivity index (χ4n) is 3.52. The van der Waals surface area contributed by atoms with Gasteiger partial charge in [0.2, 0.25) is 0 Å². The molecule has 4 heterocycles. The normalized spacial score (nSPS) is 17.8. The minimum Gasteiger partial charge on any atom is -0.440 e. The Balaban J connectivity index is 1.40. The van der Waals surface area contributed by atoms with Crippen LogP contribution in [0, 0.1) is 0 Å². The molecule has 0 spiro atoms. The molecule has 1 aliphatic rings. The van der Waals surface area contributed by atoms with Gasteiger partial charge in [-0.25, -0.2) is 14.5 Å². The zero-order valence-corrected chi connectivity index (χ0v) is 14.1. The number of benzene rings is 1. The molecule has 1 aliphatic heterocycles. The topological polar surface area (TPSA) is 76.5 Å². The van der Waals surface area contributed by atoms with Crippen LogP contribution in [0.25, 0.3) is 16.7 Å². The van der Waals surface area contributed by atoms with E-state index >= 15 is 0 Å². The molecule has 0 bridgehead atoms. The number of amides is 1. The molecule has 3 aromatic heterocycles. The number of hydrogen-bond acceptors (Lipinski definition) is 5. The van der Waals surface area contributed by atoms with Gasteiger partial charge in [0.25, 0.3) is 5.91 Å². The number of fused-ring (bicyclic) bond motifs is 2. The molecule has 1 saturated heterocycles. The predicted molar refractivity (Wildman–Crippen MR) is 94.9 cm³/mol. The maximum Gasteiger partial charge on any atom is 0.274 e. The minimum atomic E-state index is -0.0681. The Bertz CT molecular complexity index is 1070. The Morgan fingerprint density at radius 2 is 2.12 bits per heavy atom. The summed E-state index contributed by atoms with van der Waals surface area (Å²) in [4.78, 5) is 23.5. The molecule has 130 valence electrons. The second kappa shape index (κ2) is 5.94. The van der Waals surface area contributed by atoms with Crippen LogP contribution in [0.1, 0.15) is 35.1 Å². The van der Waals surface area contributed by atoms with Crippen molar-refractivity contribution in [3.63, 3.8) is 0 Å². The molecule has 7 heteroatoms. The molecule has 1 aromatic carbocycles. The summed E-state index contributed by atoms with van der Waals surface area (Å²) >= 11 is 0. The van der Waals surface area contributed by atoms with Crippen molar-refractivity contribution in [1.82, 2.24) is 24.5 Å². The molecule has 1 amide bonds. The first-order chi connectivity index (χ1) is 12.8. The van der Waals surface area contributed by atoms with Crippen molar-refractivity contribution in [2.45, 2.75) is 18.8 Å². The lowest BCUT2D eigenvalue weighted by Gasteiger charge is -2.31. The first-order valence-electron chi connectivity index (χ1n) is 8.73. The van der Waals surface area contributed by atoms with Gasteiger partial charge in [-0.05, 0) is 37.1 Å². The highest BCUT2D eigenvalue weighted by Gasteiger charge is 2.29. The molecular formula is C19H17N5O2. The van der Waals surface area contributed by atoms with E-state index in [0.717, 1.165) is 36.1 Å². The van der Waals surface area contributed by atoms with Crippen LogP contribution in [0.15, 0.2) is 53.2 Å². The summed E-state index contributed by atoms with van der Waals surface area (Å²) in [5.74, 6) is 0.750. The molecule has 0 N–H and O–H groups in total. The van der Waals surface area contributed by atoms with E-state index in [1.54, 1.807) is 23.0 Å². The van der Waals surface area contributed by atoms with Crippen molar-refractivity contribution in [2.75, 3.05) is 13.1 Å². The summed E-state index contributed by atoms with van der Waals surface area (Å²) in [6.07, 6.45) is 5.29. The quantitative estimate of drug-likeness (QED) is 0.557. The molecule has 0 aliphatic carbocycles. The van der Waals surface area contributed by atoms with E-state index < -0.39 is 0 Å². The first kappa shape index (κ1) is 15.1. The number of carbonyl (C=O) groups is 1. The highest BCUT2D eigenvalue weighted by Crippen LogP contribution is 2.29. The van der Waals surface area contributed by atoms with E-state index in [1.165, 1.54) is 0 Å². The van der Waals surface area contributed by atoms with Crippen LogP contribution >= 0.6 is 0 Å². The van der Waals surface area contributed by atoms with E-state index in [0.29, 0.717) is 18.1 Å². The fourth-order valence-corrected chi connectivity index (χ4v) is 3.52. The van der Waals surface area contributed by atoms with Crippen molar-refractivity contribution in [1.29, 1.82) is 0 Å². The molecule has 7 nitrogen and oxygen atoms in total. The van der Waals surface area contributed by atoms with Crippen LogP contribution in [-0.2, 0) is 0 Å². The number of carbonyl (C=O) groups excluding carboxylic acids is 1. The molecule has 26 heavy (non-hydrogen) atoms. The average molecular weight is 347 g/mol. The molecular weight excluding hydrogens is 330 g/mol. The number of hydrogen-bond donors (Lipinski definition) is 0. The Morgan fingerprint density at radius 3 is 3.04 bits per heavy atom. The number of piperidine rings is 1. The molecule has 0 saturated carbocycles. The van der Waals surface area contributed by atoms with E-state index in [2.05, 4.69) is 15.1 Å². The van der Waals surface area contributed by atoms with Crippen molar-refractivity contribution in [2.24, 2.45) is 0 Å². The standard InChI is InChI=1S/C19H17N5O2/c25-19(15-7-8-17-20-9-11-24(17)22-15)23-10-3-4-13(12-23)18-21-14-5-1-2-6-16(14)26-18/h1-2,5-9,11,13H,3-4,10,12H2. The summed E-state index contributed by atoms with van der Waals surface area (Å²) in [6, 6.07) is 11.3. The van der Waals surface area contributed by atoms with Gasteiger partial charge >= 0.3 is 0 Å². The van der Waals surface area contributed by atoms with E-state index in [9.17, 15) is 4.79 Å². The van der Waals surface area contributed by atoms with Crippen molar-refractivity contribution < 1.29 is 9.21 Å². The van der Waals surface area contributed by atoms with Crippen LogP contribution in [0.3, 0.4) is 0 Å². The van der Waals surface area contributed by atoms with Gasteiger partial charge < -0.3 is 9.32 Å². The van der Waals surface area contributed by atoms with E-state index in [-0.39, 0.29) is 11.8 Å². The van der Waals surface area contributed by atoms with Crippen molar-refractivity contribution in [3.8, 4) is 0 Å². The van der Waals surface area contributed by atoms with E-state index in [4.69, 9.17) is 4.42 Å². The van der Waals surface area contributed by atoms with Crippen LogP contribution < -0.4 is 0 Å². The number of nitrogens with zero attached hydrogens (tertiary/aromatic N) is 5. The number of likely N-dealkylation sites (tertiary alicyclic amines) is 1. The van der Waals surface area contributed by atoms with E-state index in [1.807, 2.05) is 35.2 Å². The Hall–Kier alpha value is -3.22. The average Bonchev–Trinajstić information content (AvgIpc) is 3.33. The van der Waals surface area contributed by atoms with Crippen LogP contribution in [0.4, 0.5) is 0 Å². The number of aromatic nitrogens is 4. The molecule has 1 unspecified atom stereocenters. The maximum absolute atomic E-state index is 12.9. The summed E-state index contributed by atoms with van der Waals surface area (Å²) in [5.41, 5.74) is 2.80. The maximum atomic E-state index is 12.9. The second-order valence-corrected chi connectivity index (χ2v) is 6.56. The largest absolute Gasteiger partial charge is 0.440 e. The molecule has 5 rings (SSSR count). The van der Waals surface area contributed by atoms with Gasteiger partial charge in [0.1, 0.15) is 11.2 Å². The summed E-state index contributed by atoms with van der Waals surface area (Å²) < 4.78 is 7.53. The number of rotatable bonds is 2. The van der Waals surface area contributed by atoms with Crippen LogP contribution in [0.5, 0.6) is 0 Å². The Kier molecular flexibility index (Phi) is 3.44. The van der Waals surface area contributed by atoms with Crippen molar-refractivity contribution in [3.05, 3.63) is 60.4 Å². The second-order valence-electron chi connectivity index (χ2n) is 6.56. The molecule has 0 radical (unpaired) electrons. The van der Waals surface area contributed by atoms with Gasteiger partial charge in [0.15, 0.2) is 17.1 Å². The lowest BCUT2D eigenvalue weighted by atomic mass is 9.97. The fraction of sp³-hybridized carbons (Fsp3) is 0.263. The Labute approximate surface area is 149 Å². The SMILES string of the molecule is O=C(c1ccc2nccn2n1)N1CCCC(c2nc3ccccc3o2)C1. The molecule has 1 fully saturated rings. The number of imidazole rings is 1. The predicted octanol–water partition coefficient (Wildman–Crippen LogP) is 2.89. The monoisotopic (exact) mass is 347 g/mol. The highest BCUT2D eigenvalue weighted by molar-refractivity contribution is 5.92. The zero-order valence-electron chi connectivity index (χ0n) is 14.1. The lowest BCUT2D eigenvalue weighted by molar-refractivity contribution is 0.0691. The third kappa shape index (κ3) is 2.52. The summed E-state index contributed by atoms with van der Waals surface area (Å²) in [6.45, 7) is 1.31. The summed E-state index contributed by atoms with van der Waals surface area (Å²) in [7, 11) is 0. The minimum absolute atomic E-state index is 0.0681. The van der Waals surface area contributed by atoms with Gasteiger partial charge in [-0.1, -0.05) is 12.1 Å². The molecule has 1 atom stereocenters. The third-order valence-electron chi connectivity index (χ3n) is 4.84. The van der Waals surface area contributed by atoms with Crippen molar-refractivity contribution >= 4 is 22.7 Å². The van der Waals surface area contributed by atoms with Gasteiger partial charge in [-0.3, -0.25) is 4.79 Å². The lowest BCUT2D eigenvalue weighted by Crippen LogP contribution is -2.39. The first-order valence-corrected chi connectivity index (χ1v) is 8.73. The van der Waals surface area contributed by atoms with Gasteiger partial charge in [0, 0.05) is 25.5 Å². The zero-order chi connectivity index (χ0) is 17.5. The van der Waals surface area contributed by atoms with Gasteiger partial charge in [0.05, 0.1) is 5.92 Å². The van der Waals surface area contributed by atoms with Gasteiger partial charge in [-0.2, -0.15) is 5.10 Å². The molecule has 4 aromatic rings. The van der Waals surface area contributed by atoms with Crippen LogP contribution in [0.2, 0.25) is 0 Å². The van der Waals surface area contributed by atoms with Crippen LogP contribution in [-0.4, -0.2) is 43.5 Å². The smallest absolute Gasteiger partial charge is 0.274 e. The number of para-hydroxylation sites is 2. The summed E-state index contributed by atoms with van der Waals surface area (Å²) in [5, 5.41) is 4.37. The highest BCUT2D eigenvalue weighted by atomic mass is 16.3. The third-order valence-corrected chi connectivity index (χ3v) is 4.84. The Morgan fingerprint density at radius 1 is 1.19 bits per heavy atom.